The Kier molecular flexibility index (Phi) is 9.02. The number of ketones is 1. The predicted molar refractivity (Wildman–Crippen MR) is 133 cm³/mol. The Hall–Kier alpha value is -4.45. The first-order valence-corrected chi connectivity index (χ1v) is 11.7. The number of benzene rings is 2. The van der Waals surface area contributed by atoms with Gasteiger partial charge in [0.2, 0.25) is 11.9 Å². The lowest BCUT2D eigenvalue weighted by Crippen LogP contribution is -2.43. The Bertz CT molecular complexity index is 1300. The topological polar surface area (TPSA) is 166 Å². The third-order valence-corrected chi connectivity index (χ3v) is 5.12. The van der Waals surface area contributed by atoms with Crippen molar-refractivity contribution in [3.8, 4) is 11.4 Å². The number of ether oxygens (including phenoxy) is 3. The van der Waals surface area contributed by atoms with Crippen molar-refractivity contribution in [2.45, 2.75) is 51.5 Å². The van der Waals surface area contributed by atoms with Gasteiger partial charge in [0.1, 0.15) is 12.2 Å². The highest BCUT2D eigenvalue weighted by molar-refractivity contribution is 6.04. The molecule has 2 N–H and O–H groups in total. The molecule has 1 aromatic heterocycles. The van der Waals surface area contributed by atoms with Gasteiger partial charge in [-0.15, -0.1) is 15.0 Å². The summed E-state index contributed by atoms with van der Waals surface area (Å²) < 4.78 is 15.4. The number of carbonyl (C=O) groups is 4. The van der Waals surface area contributed by atoms with Crippen molar-refractivity contribution in [1.82, 2.24) is 20.2 Å². The molecule has 200 valence electrons. The maximum atomic E-state index is 13.3. The van der Waals surface area contributed by atoms with E-state index in [4.69, 9.17) is 19.9 Å². The van der Waals surface area contributed by atoms with Crippen molar-refractivity contribution in [1.29, 1.82) is 0 Å². The zero-order valence-corrected chi connectivity index (χ0v) is 21.5. The zero-order chi connectivity index (χ0) is 27.9. The predicted octanol–water partition coefficient (Wildman–Crippen LogP) is 2.04. The first kappa shape index (κ1) is 28.1. The van der Waals surface area contributed by atoms with E-state index in [2.05, 4.69) is 15.4 Å². The lowest BCUT2D eigenvalue weighted by molar-refractivity contribution is -0.158. The molecule has 0 aliphatic rings. The minimum absolute atomic E-state index is 0.0413. The van der Waals surface area contributed by atoms with Gasteiger partial charge in [-0.3, -0.25) is 9.59 Å². The average molecular weight is 524 g/mol. The van der Waals surface area contributed by atoms with E-state index in [0.29, 0.717) is 5.56 Å². The van der Waals surface area contributed by atoms with Crippen LogP contribution >= 0.6 is 0 Å². The van der Waals surface area contributed by atoms with Crippen molar-refractivity contribution in [3.05, 3.63) is 65.7 Å². The number of Topliss-reactive ketones (excluding diaryl/α,β-unsaturated/α-hetero) is 1. The van der Waals surface area contributed by atoms with E-state index in [1.54, 1.807) is 69.3 Å². The third kappa shape index (κ3) is 7.29. The summed E-state index contributed by atoms with van der Waals surface area (Å²) in [6.07, 6.45) is -0.481. The van der Waals surface area contributed by atoms with Crippen LogP contribution in [0.25, 0.3) is 11.4 Å². The summed E-state index contributed by atoms with van der Waals surface area (Å²) >= 11 is 0. The minimum Gasteiger partial charge on any atom is -0.465 e. The molecule has 0 saturated carbocycles. The van der Waals surface area contributed by atoms with Crippen LogP contribution in [-0.4, -0.2) is 62.7 Å². The number of nitrogens with two attached hydrogens (primary N) is 1. The van der Waals surface area contributed by atoms with Crippen LogP contribution in [-0.2, 0) is 35.2 Å². The third-order valence-electron chi connectivity index (χ3n) is 5.12. The summed E-state index contributed by atoms with van der Waals surface area (Å²) in [5, 5.41) is 12.0. The summed E-state index contributed by atoms with van der Waals surface area (Å²) in [6.45, 7) is 4.90. The molecule has 3 aromatic rings. The summed E-state index contributed by atoms with van der Waals surface area (Å²) in [5.41, 5.74) is 6.34. The molecule has 2 atom stereocenters. The summed E-state index contributed by atoms with van der Waals surface area (Å²) in [5.74, 6) is -3.26. The second kappa shape index (κ2) is 12.2. The fourth-order valence-corrected chi connectivity index (χ4v) is 3.41. The fraction of sp³-hybridized carbons (Fsp3) is 0.346. The monoisotopic (exact) mass is 523 g/mol. The number of hydrogen-bond acceptors (Lipinski definition) is 11. The van der Waals surface area contributed by atoms with Crippen LogP contribution in [0.5, 0.6) is 0 Å². The normalized spacial score (nSPS) is 12.8. The Morgan fingerprint density at radius 1 is 1.00 bits per heavy atom. The lowest BCUT2D eigenvalue weighted by Gasteiger charge is -2.21. The van der Waals surface area contributed by atoms with Gasteiger partial charge in [0.05, 0.1) is 25.1 Å². The molecule has 12 heteroatoms. The van der Waals surface area contributed by atoms with E-state index in [9.17, 15) is 19.2 Å². The molecular formula is C26H29N5O7. The Morgan fingerprint density at radius 2 is 1.66 bits per heavy atom. The van der Waals surface area contributed by atoms with E-state index >= 15 is 0 Å². The van der Waals surface area contributed by atoms with Crippen LogP contribution in [0.2, 0.25) is 0 Å². The molecule has 0 aliphatic carbocycles. The Labute approximate surface area is 219 Å². The molecule has 0 radical (unpaired) electrons. The molecule has 0 fully saturated rings. The number of hydrogen-bond donors (Lipinski definition) is 1. The average Bonchev–Trinajstić information content (AvgIpc) is 3.36. The van der Waals surface area contributed by atoms with Gasteiger partial charge in [0, 0.05) is 5.56 Å². The number of methoxy groups -OCH3 is 1. The number of esters is 3. The molecule has 0 spiro atoms. The van der Waals surface area contributed by atoms with Crippen molar-refractivity contribution < 1.29 is 33.4 Å². The highest BCUT2D eigenvalue weighted by Gasteiger charge is 2.38. The maximum Gasteiger partial charge on any atom is 0.341 e. The number of rotatable bonds is 10. The van der Waals surface area contributed by atoms with Crippen LogP contribution in [0.1, 0.15) is 49.2 Å². The van der Waals surface area contributed by atoms with Gasteiger partial charge in [-0.25, -0.2) is 9.59 Å². The number of nitrogens with zero attached hydrogens (tertiary/aromatic N) is 4. The lowest BCUT2D eigenvalue weighted by atomic mass is 10.0. The molecule has 2 aromatic carbocycles. The first-order chi connectivity index (χ1) is 18.0. The van der Waals surface area contributed by atoms with Crippen LogP contribution in [0.15, 0.2) is 54.6 Å². The van der Waals surface area contributed by atoms with Gasteiger partial charge in [0.25, 0.3) is 0 Å². The number of tetrazole rings is 1. The molecule has 12 nitrogen and oxygen atoms in total. The first-order valence-electron chi connectivity index (χ1n) is 11.7. The minimum atomic E-state index is -1.75. The number of aromatic nitrogens is 4. The van der Waals surface area contributed by atoms with Crippen molar-refractivity contribution in [3.63, 3.8) is 0 Å². The van der Waals surface area contributed by atoms with Crippen LogP contribution in [0.4, 0.5) is 0 Å². The van der Waals surface area contributed by atoms with Gasteiger partial charge < -0.3 is 19.9 Å². The SMILES string of the molecule is COC(=O)c1ccccc1-c1nnn(C(C(=O)OCc2ccccc2)C(=O)C(N)CC(=O)OC(C)(C)C)n1. The highest BCUT2D eigenvalue weighted by atomic mass is 16.6. The standard InChI is InChI=1S/C26H29N5O7/c1-26(2,3)38-20(32)14-19(27)22(33)21(25(35)37-15-16-10-6-5-7-11-16)31-29-23(28-30-31)17-12-8-9-13-18(17)24(34)36-4/h5-13,19,21H,14-15,27H2,1-4H3. The van der Waals surface area contributed by atoms with Crippen molar-refractivity contribution in [2.75, 3.05) is 7.11 Å². The molecular weight excluding hydrogens is 494 g/mol. The van der Waals surface area contributed by atoms with E-state index < -0.39 is 47.8 Å². The van der Waals surface area contributed by atoms with E-state index in [1.165, 1.54) is 13.2 Å². The fourth-order valence-electron chi connectivity index (χ4n) is 3.41. The summed E-state index contributed by atoms with van der Waals surface area (Å²) in [6, 6.07) is 12.0. The van der Waals surface area contributed by atoms with E-state index in [-0.39, 0.29) is 23.6 Å². The number of carbonyl (C=O) groups excluding carboxylic acids is 4. The molecule has 0 bridgehead atoms. The highest BCUT2D eigenvalue weighted by Crippen LogP contribution is 2.22. The van der Waals surface area contributed by atoms with Crippen molar-refractivity contribution >= 4 is 23.7 Å². The zero-order valence-electron chi connectivity index (χ0n) is 21.5. The molecule has 0 amide bonds. The molecule has 1 heterocycles. The molecule has 0 saturated heterocycles. The smallest absolute Gasteiger partial charge is 0.341 e. The van der Waals surface area contributed by atoms with E-state index in [1.807, 2.05) is 0 Å². The van der Waals surface area contributed by atoms with Gasteiger partial charge in [-0.1, -0.05) is 48.5 Å². The molecule has 0 aliphatic heterocycles. The van der Waals surface area contributed by atoms with Crippen LogP contribution < -0.4 is 5.73 Å². The second-order valence-electron chi connectivity index (χ2n) is 9.27. The summed E-state index contributed by atoms with van der Waals surface area (Å²) in [4.78, 5) is 51.7. The maximum absolute atomic E-state index is 13.3. The Balaban J connectivity index is 1.91. The van der Waals surface area contributed by atoms with Crippen molar-refractivity contribution in [2.24, 2.45) is 5.73 Å². The van der Waals surface area contributed by atoms with Gasteiger partial charge in [0.15, 0.2) is 5.78 Å². The van der Waals surface area contributed by atoms with Crippen LogP contribution in [0.3, 0.4) is 0 Å². The largest absolute Gasteiger partial charge is 0.465 e. The molecule has 2 unspecified atom stereocenters. The second-order valence-corrected chi connectivity index (χ2v) is 9.27. The molecule has 38 heavy (non-hydrogen) atoms. The summed E-state index contributed by atoms with van der Waals surface area (Å²) in [7, 11) is 1.23. The van der Waals surface area contributed by atoms with Gasteiger partial charge in [-0.05, 0) is 37.6 Å². The molecule has 3 rings (SSSR count). The van der Waals surface area contributed by atoms with Gasteiger partial charge in [-0.2, -0.15) is 0 Å². The van der Waals surface area contributed by atoms with Crippen LogP contribution in [0, 0.1) is 0 Å². The van der Waals surface area contributed by atoms with Gasteiger partial charge >= 0.3 is 17.9 Å². The van der Waals surface area contributed by atoms with E-state index in [0.717, 1.165) is 4.80 Å². The Morgan fingerprint density at radius 3 is 2.32 bits per heavy atom. The quantitative estimate of drug-likeness (QED) is 0.235.